The molecule has 0 aliphatic rings. The standard InChI is InChI=1S/C51H32N4O/c1-3-14-33(15-4-1)37-28-38(34-16-5-2-6-17-34)30-39(29-37)51-53-49(52-50(54-51)36-26-27-44-43-22-9-12-25-47(43)56-48(44)32-36)35-18-13-19-40(31-35)55-45-23-10-7-20-41(45)42-21-8-11-24-46(42)55/h1-32H. The Morgan fingerprint density at radius 2 is 0.786 bits per heavy atom. The van der Waals surface area contributed by atoms with Crippen molar-refractivity contribution in [1.82, 2.24) is 19.5 Å². The fourth-order valence-corrected chi connectivity index (χ4v) is 7.96. The van der Waals surface area contributed by atoms with Crippen LogP contribution in [0.3, 0.4) is 0 Å². The second-order valence-corrected chi connectivity index (χ2v) is 14.1. The second kappa shape index (κ2) is 13.0. The van der Waals surface area contributed by atoms with Crippen molar-refractivity contribution in [3.8, 4) is 62.1 Å². The molecule has 0 radical (unpaired) electrons. The van der Waals surface area contributed by atoms with Crippen LogP contribution in [0.15, 0.2) is 199 Å². The predicted octanol–water partition coefficient (Wildman–Crippen LogP) is 13.2. The summed E-state index contributed by atoms with van der Waals surface area (Å²) in [6.45, 7) is 0. The minimum absolute atomic E-state index is 0.570. The van der Waals surface area contributed by atoms with Gasteiger partial charge in [-0.25, -0.2) is 15.0 Å². The number of rotatable bonds is 6. The van der Waals surface area contributed by atoms with Crippen LogP contribution in [-0.2, 0) is 0 Å². The summed E-state index contributed by atoms with van der Waals surface area (Å²) >= 11 is 0. The fraction of sp³-hybridized carbons (Fsp3) is 0. The average Bonchev–Trinajstić information content (AvgIpc) is 3.82. The van der Waals surface area contributed by atoms with Crippen LogP contribution in [0, 0.1) is 0 Å². The summed E-state index contributed by atoms with van der Waals surface area (Å²) < 4.78 is 8.65. The first kappa shape index (κ1) is 31.9. The van der Waals surface area contributed by atoms with E-state index in [1.54, 1.807) is 0 Å². The third kappa shape index (κ3) is 5.45. The van der Waals surface area contributed by atoms with Crippen molar-refractivity contribution in [1.29, 1.82) is 0 Å². The number of fused-ring (bicyclic) bond motifs is 6. The molecule has 56 heavy (non-hydrogen) atoms. The highest BCUT2D eigenvalue weighted by Gasteiger charge is 2.18. The molecule has 0 aliphatic heterocycles. The summed E-state index contributed by atoms with van der Waals surface area (Å²) in [6.07, 6.45) is 0. The number of hydrogen-bond acceptors (Lipinski definition) is 4. The molecule has 0 N–H and O–H groups in total. The Kier molecular flexibility index (Phi) is 7.42. The van der Waals surface area contributed by atoms with Gasteiger partial charge in [-0.3, -0.25) is 0 Å². The van der Waals surface area contributed by atoms with Gasteiger partial charge in [0.15, 0.2) is 17.5 Å². The van der Waals surface area contributed by atoms with Gasteiger partial charge in [-0.05, 0) is 82.9 Å². The van der Waals surface area contributed by atoms with Crippen LogP contribution in [0.5, 0.6) is 0 Å². The van der Waals surface area contributed by atoms with E-state index in [-0.39, 0.29) is 0 Å². The van der Waals surface area contributed by atoms with Crippen molar-refractivity contribution in [3.05, 3.63) is 194 Å². The minimum atomic E-state index is 0.570. The minimum Gasteiger partial charge on any atom is -0.456 e. The number of aromatic nitrogens is 4. The smallest absolute Gasteiger partial charge is 0.164 e. The zero-order valence-corrected chi connectivity index (χ0v) is 30.2. The summed E-state index contributed by atoms with van der Waals surface area (Å²) in [5, 5.41) is 4.57. The highest BCUT2D eigenvalue weighted by Crippen LogP contribution is 2.37. The van der Waals surface area contributed by atoms with E-state index in [0.29, 0.717) is 17.5 Å². The molecule has 8 aromatic carbocycles. The van der Waals surface area contributed by atoms with E-state index in [9.17, 15) is 0 Å². The number of hydrogen-bond donors (Lipinski definition) is 0. The number of furan rings is 1. The van der Waals surface area contributed by atoms with Gasteiger partial charge >= 0.3 is 0 Å². The van der Waals surface area contributed by atoms with Gasteiger partial charge in [0.2, 0.25) is 0 Å². The van der Waals surface area contributed by atoms with Crippen LogP contribution in [0.1, 0.15) is 0 Å². The Morgan fingerprint density at radius 3 is 1.43 bits per heavy atom. The molecule has 0 bridgehead atoms. The molecule has 0 atom stereocenters. The Labute approximate surface area is 322 Å². The van der Waals surface area contributed by atoms with Crippen LogP contribution in [0.2, 0.25) is 0 Å². The van der Waals surface area contributed by atoms with Crippen LogP contribution in [-0.4, -0.2) is 19.5 Å². The van der Waals surface area contributed by atoms with Gasteiger partial charge in [-0.1, -0.05) is 133 Å². The summed E-state index contributed by atoms with van der Waals surface area (Å²) in [6, 6.07) is 67.5. The highest BCUT2D eigenvalue weighted by molar-refractivity contribution is 6.09. The molecule has 0 aliphatic carbocycles. The molecule has 11 rings (SSSR count). The summed E-state index contributed by atoms with van der Waals surface area (Å²) in [7, 11) is 0. The van der Waals surface area contributed by atoms with Gasteiger partial charge in [0, 0.05) is 43.9 Å². The molecule has 262 valence electrons. The molecule has 5 heteroatoms. The van der Waals surface area contributed by atoms with Crippen molar-refractivity contribution in [2.45, 2.75) is 0 Å². The van der Waals surface area contributed by atoms with Crippen molar-refractivity contribution < 1.29 is 4.42 Å². The Balaban J connectivity index is 1.13. The van der Waals surface area contributed by atoms with E-state index < -0.39 is 0 Å². The summed E-state index contributed by atoms with van der Waals surface area (Å²) in [5.41, 5.74) is 12.0. The Bertz CT molecular complexity index is 3140. The molecular weight excluding hydrogens is 685 g/mol. The first-order valence-electron chi connectivity index (χ1n) is 18.8. The lowest BCUT2D eigenvalue weighted by Gasteiger charge is -2.13. The molecule has 0 saturated carbocycles. The normalized spacial score (nSPS) is 11.6. The van der Waals surface area contributed by atoms with Gasteiger partial charge in [0.05, 0.1) is 11.0 Å². The van der Waals surface area contributed by atoms with Gasteiger partial charge < -0.3 is 8.98 Å². The molecule has 5 nitrogen and oxygen atoms in total. The largest absolute Gasteiger partial charge is 0.456 e. The summed E-state index contributed by atoms with van der Waals surface area (Å²) in [4.78, 5) is 15.7. The molecule has 0 amide bonds. The van der Waals surface area contributed by atoms with E-state index >= 15 is 0 Å². The molecule has 3 heterocycles. The zero-order valence-electron chi connectivity index (χ0n) is 30.2. The van der Waals surface area contributed by atoms with Gasteiger partial charge in [0.25, 0.3) is 0 Å². The molecule has 0 fully saturated rings. The molecule has 0 unspecified atom stereocenters. The lowest BCUT2D eigenvalue weighted by molar-refractivity contribution is 0.669. The fourth-order valence-electron chi connectivity index (χ4n) is 7.96. The quantitative estimate of drug-likeness (QED) is 0.172. The van der Waals surface area contributed by atoms with Gasteiger partial charge in [0.1, 0.15) is 11.2 Å². The van der Waals surface area contributed by atoms with Crippen molar-refractivity contribution in [2.75, 3.05) is 0 Å². The highest BCUT2D eigenvalue weighted by atomic mass is 16.3. The first-order valence-corrected chi connectivity index (χ1v) is 18.8. The number of nitrogens with zero attached hydrogens (tertiary/aromatic N) is 4. The van der Waals surface area contributed by atoms with E-state index in [1.165, 1.54) is 10.8 Å². The van der Waals surface area contributed by atoms with Crippen LogP contribution >= 0.6 is 0 Å². The lowest BCUT2D eigenvalue weighted by atomic mass is 9.96. The number of benzene rings is 8. The van der Waals surface area contributed by atoms with Crippen LogP contribution in [0.25, 0.3) is 106 Å². The maximum Gasteiger partial charge on any atom is 0.164 e. The summed E-state index contributed by atoms with van der Waals surface area (Å²) in [5.74, 6) is 1.75. The third-order valence-electron chi connectivity index (χ3n) is 10.6. The van der Waals surface area contributed by atoms with E-state index in [2.05, 4.69) is 162 Å². The van der Waals surface area contributed by atoms with E-state index in [0.717, 1.165) is 77.6 Å². The predicted molar refractivity (Wildman–Crippen MR) is 229 cm³/mol. The zero-order chi connectivity index (χ0) is 37.0. The monoisotopic (exact) mass is 716 g/mol. The third-order valence-corrected chi connectivity index (χ3v) is 10.6. The van der Waals surface area contributed by atoms with E-state index in [4.69, 9.17) is 19.4 Å². The van der Waals surface area contributed by atoms with Crippen molar-refractivity contribution in [2.24, 2.45) is 0 Å². The van der Waals surface area contributed by atoms with Crippen LogP contribution < -0.4 is 0 Å². The average molecular weight is 717 g/mol. The topological polar surface area (TPSA) is 56.7 Å². The van der Waals surface area contributed by atoms with Crippen molar-refractivity contribution >= 4 is 43.7 Å². The molecule has 0 saturated heterocycles. The Hall–Kier alpha value is -7.63. The Morgan fingerprint density at radius 1 is 0.304 bits per heavy atom. The van der Waals surface area contributed by atoms with Crippen LogP contribution in [0.4, 0.5) is 0 Å². The molecular formula is C51H32N4O. The maximum absolute atomic E-state index is 6.33. The SMILES string of the molecule is c1ccc(-c2cc(-c3ccccc3)cc(-c3nc(-c4cccc(-n5c6ccccc6c6ccccc65)c4)nc(-c4ccc5c(c4)oc4ccccc45)n3)c2)cc1. The molecule has 11 aromatic rings. The second-order valence-electron chi connectivity index (χ2n) is 14.1. The van der Waals surface area contributed by atoms with Crippen molar-refractivity contribution in [3.63, 3.8) is 0 Å². The molecule has 0 spiro atoms. The molecule has 3 aromatic heterocycles. The van der Waals surface area contributed by atoms with Gasteiger partial charge in [-0.15, -0.1) is 0 Å². The number of para-hydroxylation sites is 3. The first-order chi connectivity index (χ1) is 27.7. The maximum atomic E-state index is 6.33. The lowest BCUT2D eigenvalue weighted by Crippen LogP contribution is -2.01. The van der Waals surface area contributed by atoms with Gasteiger partial charge in [-0.2, -0.15) is 0 Å². The van der Waals surface area contributed by atoms with E-state index in [1.807, 2.05) is 36.4 Å².